The van der Waals surface area contributed by atoms with E-state index in [4.69, 9.17) is 0 Å². The van der Waals surface area contributed by atoms with Crippen molar-refractivity contribution in [1.29, 1.82) is 0 Å². The number of fused-ring (bicyclic) bond motifs is 1. The van der Waals surface area contributed by atoms with Gasteiger partial charge >= 0.3 is 0 Å². The van der Waals surface area contributed by atoms with Crippen LogP contribution in [0, 0.1) is 0 Å². The van der Waals surface area contributed by atoms with Crippen molar-refractivity contribution in [3.63, 3.8) is 0 Å². The van der Waals surface area contributed by atoms with Crippen molar-refractivity contribution < 1.29 is 4.79 Å². The van der Waals surface area contributed by atoms with Gasteiger partial charge in [-0.2, -0.15) is 0 Å². The van der Waals surface area contributed by atoms with Crippen molar-refractivity contribution in [2.24, 2.45) is 0 Å². The molecule has 0 radical (unpaired) electrons. The van der Waals surface area contributed by atoms with Crippen LogP contribution in [0.4, 0.5) is 5.69 Å². The highest BCUT2D eigenvalue weighted by atomic mass is 16.1. The summed E-state index contributed by atoms with van der Waals surface area (Å²) in [5.74, 6) is -0.0572. The third kappa shape index (κ3) is 2.41. The maximum Gasteiger partial charge on any atom is 0.221 e. The molecule has 0 aliphatic heterocycles. The Morgan fingerprint density at radius 2 is 1.55 bits per heavy atom. The van der Waals surface area contributed by atoms with Crippen LogP contribution in [0.3, 0.4) is 0 Å². The number of benzene rings is 3. The smallest absolute Gasteiger partial charge is 0.221 e. The van der Waals surface area contributed by atoms with Crippen LogP contribution in [0.1, 0.15) is 6.92 Å². The minimum absolute atomic E-state index is 0.0572. The standard InChI is InChI=1S/C18H15NO/c1-13(20)19-18-9-5-4-8-17(18)16-11-10-14-6-2-3-7-15(14)12-16/h2-12H,1H3,(H,19,20). The second-order valence-corrected chi connectivity index (χ2v) is 4.79. The van der Waals surface area contributed by atoms with E-state index in [-0.39, 0.29) is 5.91 Å². The molecule has 0 aliphatic carbocycles. The largest absolute Gasteiger partial charge is 0.326 e. The SMILES string of the molecule is CC(=O)Nc1ccccc1-c1ccc2ccccc2c1. The fourth-order valence-corrected chi connectivity index (χ4v) is 2.39. The van der Waals surface area contributed by atoms with Gasteiger partial charge in [0, 0.05) is 18.2 Å². The van der Waals surface area contributed by atoms with Crippen LogP contribution in [0.25, 0.3) is 21.9 Å². The molecule has 0 atom stereocenters. The Bertz CT molecular complexity index is 777. The van der Waals surface area contributed by atoms with Crippen molar-refractivity contribution in [2.45, 2.75) is 6.92 Å². The van der Waals surface area contributed by atoms with Crippen molar-refractivity contribution >= 4 is 22.4 Å². The van der Waals surface area contributed by atoms with Crippen LogP contribution >= 0.6 is 0 Å². The summed E-state index contributed by atoms with van der Waals surface area (Å²) in [5, 5.41) is 5.29. The molecule has 0 bridgehead atoms. The van der Waals surface area contributed by atoms with Crippen molar-refractivity contribution in [3.8, 4) is 11.1 Å². The Kier molecular flexibility index (Phi) is 3.21. The van der Waals surface area contributed by atoms with Crippen LogP contribution in [0.5, 0.6) is 0 Å². The second-order valence-electron chi connectivity index (χ2n) is 4.79. The molecule has 0 saturated heterocycles. The summed E-state index contributed by atoms with van der Waals surface area (Å²) in [6.07, 6.45) is 0. The number of hydrogen-bond acceptors (Lipinski definition) is 1. The van der Waals surface area contributed by atoms with E-state index >= 15 is 0 Å². The first kappa shape index (κ1) is 12.4. The molecule has 0 saturated carbocycles. The summed E-state index contributed by atoms with van der Waals surface area (Å²) in [6.45, 7) is 1.52. The highest BCUT2D eigenvalue weighted by molar-refractivity contribution is 5.96. The predicted octanol–water partition coefficient (Wildman–Crippen LogP) is 4.47. The van der Waals surface area contributed by atoms with Crippen molar-refractivity contribution in [1.82, 2.24) is 0 Å². The Balaban J connectivity index is 2.13. The maximum atomic E-state index is 11.3. The number of rotatable bonds is 2. The normalized spacial score (nSPS) is 10.4. The van der Waals surface area contributed by atoms with Crippen LogP contribution in [0.2, 0.25) is 0 Å². The fraction of sp³-hybridized carbons (Fsp3) is 0.0556. The van der Waals surface area contributed by atoms with Gasteiger partial charge < -0.3 is 5.32 Å². The quantitative estimate of drug-likeness (QED) is 0.724. The molecular weight excluding hydrogens is 246 g/mol. The summed E-state index contributed by atoms with van der Waals surface area (Å²) in [7, 11) is 0. The highest BCUT2D eigenvalue weighted by Crippen LogP contribution is 2.30. The van der Waals surface area contributed by atoms with Gasteiger partial charge in [0.05, 0.1) is 0 Å². The molecule has 0 unspecified atom stereocenters. The zero-order chi connectivity index (χ0) is 13.9. The number of nitrogens with one attached hydrogen (secondary N) is 1. The molecule has 0 spiro atoms. The molecule has 3 aromatic rings. The van der Waals surface area contributed by atoms with E-state index in [1.54, 1.807) is 0 Å². The van der Waals surface area contributed by atoms with Crippen LogP contribution in [-0.4, -0.2) is 5.91 Å². The monoisotopic (exact) mass is 261 g/mol. The topological polar surface area (TPSA) is 29.1 Å². The average Bonchev–Trinajstić information content (AvgIpc) is 2.47. The van der Waals surface area contributed by atoms with Gasteiger partial charge in [0.2, 0.25) is 5.91 Å². The van der Waals surface area contributed by atoms with E-state index < -0.39 is 0 Å². The number of carbonyl (C=O) groups excluding carboxylic acids is 1. The van der Waals surface area contributed by atoms with Gasteiger partial charge in [-0.05, 0) is 28.5 Å². The number of amides is 1. The summed E-state index contributed by atoms with van der Waals surface area (Å²) >= 11 is 0. The van der Waals surface area contributed by atoms with Gasteiger partial charge in [-0.15, -0.1) is 0 Å². The third-order valence-electron chi connectivity index (χ3n) is 3.30. The van der Waals surface area contributed by atoms with Gasteiger partial charge in [0.1, 0.15) is 0 Å². The Labute approximate surface area is 118 Å². The van der Waals surface area contributed by atoms with E-state index in [0.29, 0.717) is 0 Å². The Morgan fingerprint density at radius 3 is 2.35 bits per heavy atom. The maximum absolute atomic E-state index is 11.3. The molecule has 0 fully saturated rings. The van der Waals surface area contributed by atoms with Gasteiger partial charge in [-0.1, -0.05) is 54.6 Å². The van der Waals surface area contributed by atoms with Crippen molar-refractivity contribution in [3.05, 3.63) is 66.7 Å². The van der Waals surface area contributed by atoms with Gasteiger partial charge in [-0.25, -0.2) is 0 Å². The van der Waals surface area contributed by atoms with Crippen LogP contribution in [-0.2, 0) is 4.79 Å². The lowest BCUT2D eigenvalue weighted by molar-refractivity contribution is -0.114. The summed E-state index contributed by atoms with van der Waals surface area (Å²) < 4.78 is 0. The highest BCUT2D eigenvalue weighted by Gasteiger charge is 2.06. The third-order valence-corrected chi connectivity index (χ3v) is 3.30. The fourth-order valence-electron chi connectivity index (χ4n) is 2.39. The van der Waals surface area contributed by atoms with E-state index in [0.717, 1.165) is 16.8 Å². The van der Waals surface area contributed by atoms with Gasteiger partial charge in [0.25, 0.3) is 0 Å². The Hall–Kier alpha value is -2.61. The lowest BCUT2D eigenvalue weighted by atomic mass is 10.00. The molecule has 0 heterocycles. The molecular formula is C18H15NO. The number of para-hydroxylation sites is 1. The van der Waals surface area contributed by atoms with E-state index in [1.807, 2.05) is 36.4 Å². The lowest BCUT2D eigenvalue weighted by Crippen LogP contribution is -2.06. The number of hydrogen-bond donors (Lipinski definition) is 1. The van der Waals surface area contributed by atoms with Gasteiger partial charge in [-0.3, -0.25) is 4.79 Å². The van der Waals surface area contributed by atoms with E-state index in [2.05, 4.69) is 35.6 Å². The average molecular weight is 261 g/mol. The van der Waals surface area contributed by atoms with Gasteiger partial charge in [0.15, 0.2) is 0 Å². The van der Waals surface area contributed by atoms with E-state index in [9.17, 15) is 4.79 Å². The van der Waals surface area contributed by atoms with Crippen molar-refractivity contribution in [2.75, 3.05) is 5.32 Å². The molecule has 3 rings (SSSR count). The zero-order valence-electron chi connectivity index (χ0n) is 11.3. The number of carbonyl (C=O) groups is 1. The molecule has 98 valence electrons. The summed E-state index contributed by atoms with van der Waals surface area (Å²) in [5.41, 5.74) is 2.98. The first-order valence-electron chi connectivity index (χ1n) is 6.60. The lowest BCUT2D eigenvalue weighted by Gasteiger charge is -2.10. The zero-order valence-corrected chi connectivity index (χ0v) is 11.3. The minimum Gasteiger partial charge on any atom is -0.326 e. The van der Waals surface area contributed by atoms with E-state index in [1.165, 1.54) is 17.7 Å². The Morgan fingerprint density at radius 1 is 0.850 bits per heavy atom. The second kappa shape index (κ2) is 5.17. The minimum atomic E-state index is -0.0572. The summed E-state index contributed by atoms with van der Waals surface area (Å²) in [6, 6.07) is 22.5. The predicted molar refractivity (Wildman–Crippen MR) is 83.7 cm³/mol. The molecule has 0 aliphatic rings. The molecule has 1 amide bonds. The summed E-state index contributed by atoms with van der Waals surface area (Å²) in [4.78, 5) is 11.3. The number of anilines is 1. The molecule has 1 N–H and O–H groups in total. The molecule has 0 aromatic heterocycles. The first-order chi connectivity index (χ1) is 9.74. The molecule has 20 heavy (non-hydrogen) atoms. The first-order valence-corrected chi connectivity index (χ1v) is 6.60. The van der Waals surface area contributed by atoms with Crippen LogP contribution < -0.4 is 5.32 Å². The molecule has 2 heteroatoms. The molecule has 3 aromatic carbocycles. The molecule has 2 nitrogen and oxygen atoms in total. The van der Waals surface area contributed by atoms with Crippen LogP contribution in [0.15, 0.2) is 66.7 Å².